The largest absolute Gasteiger partial charge is 1.00 e. The van der Waals surface area contributed by atoms with Crippen molar-refractivity contribution in [1.82, 2.24) is 10.2 Å². The topological polar surface area (TPSA) is 33.7 Å². The van der Waals surface area contributed by atoms with Crippen LogP contribution in [0.25, 0.3) is 0 Å². The molecule has 0 radical (unpaired) electrons. The molecule has 7 heteroatoms. The maximum Gasteiger partial charge on any atom is 0.123 e. The molecule has 4 nitrogen and oxygen atoms in total. The van der Waals surface area contributed by atoms with Crippen LogP contribution in [0.2, 0.25) is 0 Å². The molecule has 0 aliphatic carbocycles. The smallest absolute Gasteiger partial charge is 0.123 e. The fraction of sp³-hybridized carbons (Fsp3) is 0.600. The zero-order valence-corrected chi connectivity index (χ0v) is 15.9. The Morgan fingerprint density at radius 2 is 2.00 bits per heavy atom. The van der Waals surface area contributed by atoms with Crippen molar-refractivity contribution in [3.8, 4) is 5.75 Å². The van der Waals surface area contributed by atoms with E-state index in [4.69, 9.17) is 9.47 Å². The van der Waals surface area contributed by atoms with Crippen LogP contribution in [0.15, 0.2) is 22.7 Å². The van der Waals surface area contributed by atoms with Gasteiger partial charge in [0, 0.05) is 29.7 Å². The van der Waals surface area contributed by atoms with Crippen LogP contribution in [-0.4, -0.2) is 51.4 Å². The zero-order chi connectivity index (χ0) is 14.2. The quantitative estimate of drug-likeness (QED) is 0.466. The van der Waals surface area contributed by atoms with Crippen LogP contribution in [-0.2, 0) is 11.3 Å². The van der Waals surface area contributed by atoms with Crippen LogP contribution in [0.1, 0.15) is 12.0 Å². The molecule has 0 amide bonds. The van der Waals surface area contributed by atoms with Crippen molar-refractivity contribution in [1.29, 1.82) is 0 Å². The van der Waals surface area contributed by atoms with E-state index >= 15 is 0 Å². The molecule has 1 aromatic rings. The summed E-state index contributed by atoms with van der Waals surface area (Å²) in [5.74, 6) is 0.939. The van der Waals surface area contributed by atoms with Gasteiger partial charge in [0.05, 0.1) is 20.3 Å². The lowest BCUT2D eigenvalue weighted by Gasteiger charge is -2.26. The summed E-state index contributed by atoms with van der Waals surface area (Å²) in [4.78, 5) is 2.46. The number of nitrogens with one attached hydrogen (secondary N) is 1. The highest BCUT2D eigenvalue weighted by molar-refractivity contribution is 9.10. The lowest BCUT2D eigenvalue weighted by molar-refractivity contribution is -0.001000. The Kier molecular flexibility index (Phi) is 12.4. The SMILES string of the molecule is COc1ccc(Br)cc1CNCCCN1CCOCC1.[Cl-].[Cl-]. The molecule has 2 rings (SSSR count). The van der Waals surface area contributed by atoms with Gasteiger partial charge in [-0.2, -0.15) is 0 Å². The van der Waals surface area contributed by atoms with Crippen molar-refractivity contribution in [2.75, 3.05) is 46.5 Å². The number of hydrogen-bond acceptors (Lipinski definition) is 4. The Morgan fingerprint density at radius 1 is 1.27 bits per heavy atom. The second kappa shape index (κ2) is 12.4. The number of rotatable bonds is 7. The summed E-state index contributed by atoms with van der Waals surface area (Å²) in [6, 6.07) is 6.10. The number of hydrogen-bond donors (Lipinski definition) is 1. The van der Waals surface area contributed by atoms with Gasteiger partial charge in [0.15, 0.2) is 0 Å². The molecule has 1 saturated heterocycles. The van der Waals surface area contributed by atoms with Gasteiger partial charge in [-0.15, -0.1) is 0 Å². The Morgan fingerprint density at radius 3 is 2.68 bits per heavy atom. The predicted octanol–water partition coefficient (Wildman–Crippen LogP) is -3.72. The Labute approximate surface area is 153 Å². The van der Waals surface area contributed by atoms with Crippen LogP contribution in [0, 0.1) is 0 Å². The normalized spacial score (nSPS) is 14.8. The molecule has 1 aliphatic heterocycles. The molecule has 0 aromatic heterocycles. The standard InChI is InChI=1S/C15H23BrN2O2.2ClH/c1-19-15-4-3-14(16)11-13(15)12-17-5-2-6-18-7-9-20-10-8-18;;/h3-4,11,17H,2,5-10,12H2,1H3;2*1H/p-2. The first-order valence-corrected chi connectivity index (χ1v) is 7.92. The third-order valence-corrected chi connectivity index (χ3v) is 3.98. The molecule has 1 N–H and O–H groups in total. The first-order chi connectivity index (χ1) is 9.79. The van der Waals surface area contributed by atoms with E-state index in [0.717, 1.165) is 62.6 Å². The maximum atomic E-state index is 5.37. The molecule has 1 aliphatic rings. The van der Waals surface area contributed by atoms with Gasteiger partial charge >= 0.3 is 0 Å². The van der Waals surface area contributed by atoms with Crippen LogP contribution in [0.5, 0.6) is 5.75 Å². The van der Waals surface area contributed by atoms with E-state index in [9.17, 15) is 0 Å². The Balaban J connectivity index is 0.00000220. The minimum absolute atomic E-state index is 0. The van der Waals surface area contributed by atoms with Crippen LogP contribution >= 0.6 is 15.9 Å². The van der Waals surface area contributed by atoms with E-state index in [0.29, 0.717) is 0 Å². The number of morpholine rings is 1. The highest BCUT2D eigenvalue weighted by Gasteiger charge is 2.09. The number of methoxy groups -OCH3 is 1. The molecule has 0 saturated carbocycles. The van der Waals surface area contributed by atoms with Crippen LogP contribution in [0.4, 0.5) is 0 Å². The van der Waals surface area contributed by atoms with Gasteiger partial charge in [0.2, 0.25) is 0 Å². The molecule has 0 spiro atoms. The zero-order valence-electron chi connectivity index (χ0n) is 12.8. The van der Waals surface area contributed by atoms with Gasteiger partial charge in [-0.25, -0.2) is 0 Å². The van der Waals surface area contributed by atoms with Gasteiger partial charge < -0.3 is 39.6 Å². The minimum atomic E-state index is 0. The second-order valence-electron chi connectivity index (χ2n) is 4.94. The molecule has 1 fully saturated rings. The van der Waals surface area contributed by atoms with Gasteiger partial charge in [0.25, 0.3) is 0 Å². The van der Waals surface area contributed by atoms with Crippen LogP contribution < -0.4 is 34.9 Å². The van der Waals surface area contributed by atoms with Crippen molar-refractivity contribution in [2.45, 2.75) is 13.0 Å². The van der Waals surface area contributed by atoms with Crippen molar-refractivity contribution < 1.29 is 34.3 Å². The summed E-state index contributed by atoms with van der Waals surface area (Å²) >= 11 is 3.50. The van der Waals surface area contributed by atoms with Gasteiger partial charge in [-0.1, -0.05) is 15.9 Å². The third-order valence-electron chi connectivity index (χ3n) is 3.49. The summed E-state index contributed by atoms with van der Waals surface area (Å²) in [5, 5.41) is 3.48. The highest BCUT2D eigenvalue weighted by Crippen LogP contribution is 2.22. The monoisotopic (exact) mass is 412 g/mol. The third kappa shape index (κ3) is 7.49. The summed E-state index contributed by atoms with van der Waals surface area (Å²) in [5.41, 5.74) is 1.19. The maximum absolute atomic E-state index is 5.37. The van der Waals surface area contributed by atoms with Gasteiger partial charge in [0.1, 0.15) is 5.75 Å². The molecule has 0 unspecified atom stereocenters. The number of nitrogens with zero attached hydrogens (tertiary/aromatic N) is 1. The van der Waals surface area contributed by atoms with Crippen molar-refractivity contribution in [3.63, 3.8) is 0 Å². The van der Waals surface area contributed by atoms with Crippen molar-refractivity contribution >= 4 is 15.9 Å². The fourth-order valence-corrected chi connectivity index (χ4v) is 2.77. The van der Waals surface area contributed by atoms with Crippen molar-refractivity contribution in [2.24, 2.45) is 0 Å². The van der Waals surface area contributed by atoms with E-state index in [-0.39, 0.29) is 24.8 Å². The highest BCUT2D eigenvalue weighted by atomic mass is 79.9. The van der Waals surface area contributed by atoms with E-state index in [1.807, 2.05) is 12.1 Å². The first-order valence-electron chi connectivity index (χ1n) is 7.13. The summed E-state index contributed by atoms with van der Waals surface area (Å²) < 4.78 is 11.8. The number of ether oxygens (including phenoxy) is 2. The number of halogens is 3. The minimum Gasteiger partial charge on any atom is -1.00 e. The fourth-order valence-electron chi connectivity index (χ4n) is 2.36. The average Bonchev–Trinajstić information content (AvgIpc) is 2.48. The molecule has 0 atom stereocenters. The van der Waals surface area contributed by atoms with Crippen molar-refractivity contribution in [3.05, 3.63) is 28.2 Å². The lowest BCUT2D eigenvalue weighted by atomic mass is 10.2. The van der Waals surface area contributed by atoms with Gasteiger partial charge in [-0.3, -0.25) is 4.90 Å². The molecular weight excluding hydrogens is 391 g/mol. The average molecular weight is 414 g/mol. The van der Waals surface area contributed by atoms with E-state index in [2.05, 4.69) is 32.2 Å². The van der Waals surface area contributed by atoms with E-state index in [1.54, 1.807) is 7.11 Å². The van der Waals surface area contributed by atoms with Gasteiger partial charge in [-0.05, 0) is 37.7 Å². The molecule has 22 heavy (non-hydrogen) atoms. The second-order valence-corrected chi connectivity index (χ2v) is 5.86. The summed E-state index contributed by atoms with van der Waals surface area (Å²) in [7, 11) is 1.71. The molecule has 1 aromatic carbocycles. The Hall–Kier alpha value is -0.0400. The molecule has 1 heterocycles. The molecule has 128 valence electrons. The lowest BCUT2D eigenvalue weighted by Crippen LogP contribution is -3.00. The van der Waals surface area contributed by atoms with E-state index in [1.165, 1.54) is 5.56 Å². The summed E-state index contributed by atoms with van der Waals surface area (Å²) in [6.07, 6.45) is 1.16. The predicted molar refractivity (Wildman–Crippen MR) is 84.3 cm³/mol. The van der Waals surface area contributed by atoms with Crippen LogP contribution in [0.3, 0.4) is 0 Å². The summed E-state index contributed by atoms with van der Waals surface area (Å²) in [6.45, 7) is 6.90. The first kappa shape index (κ1) is 22.0. The molecular formula is C15H23BrCl2N2O2-2. The Bertz CT molecular complexity index is 419. The van der Waals surface area contributed by atoms with E-state index < -0.39 is 0 Å². The number of benzene rings is 1. The molecule has 0 bridgehead atoms.